The maximum absolute atomic E-state index is 12.6. The average Bonchev–Trinajstić information content (AvgIpc) is 3.03. The number of anilines is 1. The summed E-state index contributed by atoms with van der Waals surface area (Å²) in [4.78, 5) is 24.5. The zero-order chi connectivity index (χ0) is 15.8. The van der Waals surface area contributed by atoms with Crippen molar-refractivity contribution in [2.75, 3.05) is 5.32 Å². The fourth-order valence-corrected chi connectivity index (χ4v) is 2.89. The smallest absolute Gasteiger partial charge is 0.270 e. The number of rotatable bonds is 2. The fraction of sp³-hybridized carbons (Fsp3) is 0.118. The number of fused-ring (bicyclic) bond motifs is 2. The van der Waals surface area contributed by atoms with Crippen molar-refractivity contribution in [3.8, 4) is 0 Å². The van der Waals surface area contributed by atoms with E-state index in [1.807, 2.05) is 42.5 Å². The van der Waals surface area contributed by atoms with Crippen LogP contribution in [-0.4, -0.2) is 21.4 Å². The lowest BCUT2D eigenvalue weighted by Gasteiger charge is -2.26. The van der Waals surface area contributed by atoms with E-state index < -0.39 is 0 Å². The minimum atomic E-state index is -0.349. The lowest BCUT2D eigenvalue weighted by atomic mass is 9.97. The number of amides is 2. The predicted octanol–water partition coefficient (Wildman–Crippen LogP) is 2.15. The van der Waals surface area contributed by atoms with E-state index in [-0.39, 0.29) is 24.3 Å². The second-order valence-electron chi connectivity index (χ2n) is 5.44. The number of hydrogen-bond acceptors (Lipinski definition) is 3. The van der Waals surface area contributed by atoms with Gasteiger partial charge in [-0.25, -0.2) is 4.52 Å². The van der Waals surface area contributed by atoms with Gasteiger partial charge in [0.1, 0.15) is 5.69 Å². The maximum atomic E-state index is 12.6. The standard InChI is InChI=1S/C17H14N4O2/c22-16-10-14(12-5-1-2-6-13(12)19-16)20-17(23)15-7-3-4-11-8-9-18-21(11)15/h1-9,14H,10H2,(H,19,22)(H,20,23)/t14-/m0/s1. The summed E-state index contributed by atoms with van der Waals surface area (Å²) in [6.45, 7) is 0. The highest BCUT2D eigenvalue weighted by molar-refractivity contribution is 5.97. The zero-order valence-electron chi connectivity index (χ0n) is 12.2. The van der Waals surface area contributed by atoms with Crippen LogP contribution in [0.2, 0.25) is 0 Å². The molecule has 3 aromatic rings. The predicted molar refractivity (Wildman–Crippen MR) is 85.1 cm³/mol. The van der Waals surface area contributed by atoms with Gasteiger partial charge in [0.25, 0.3) is 5.91 Å². The number of pyridine rings is 1. The van der Waals surface area contributed by atoms with Gasteiger partial charge < -0.3 is 10.6 Å². The quantitative estimate of drug-likeness (QED) is 0.761. The van der Waals surface area contributed by atoms with E-state index >= 15 is 0 Å². The Labute approximate surface area is 132 Å². The van der Waals surface area contributed by atoms with Crippen LogP contribution in [0.4, 0.5) is 5.69 Å². The van der Waals surface area contributed by atoms with Gasteiger partial charge in [-0.15, -0.1) is 0 Å². The highest BCUT2D eigenvalue weighted by Gasteiger charge is 2.26. The Balaban J connectivity index is 1.67. The van der Waals surface area contributed by atoms with Crippen LogP contribution in [0.25, 0.3) is 5.52 Å². The van der Waals surface area contributed by atoms with Crippen molar-refractivity contribution in [3.05, 3.63) is 66.0 Å². The van der Waals surface area contributed by atoms with E-state index in [1.54, 1.807) is 16.8 Å². The number of nitrogens with one attached hydrogen (secondary N) is 2. The molecule has 1 aliphatic rings. The Morgan fingerprint density at radius 2 is 2.04 bits per heavy atom. The Hall–Kier alpha value is -3.15. The molecule has 3 heterocycles. The largest absolute Gasteiger partial charge is 0.343 e. The fourth-order valence-electron chi connectivity index (χ4n) is 2.89. The Morgan fingerprint density at radius 3 is 2.96 bits per heavy atom. The van der Waals surface area contributed by atoms with Crippen LogP contribution >= 0.6 is 0 Å². The highest BCUT2D eigenvalue weighted by Crippen LogP contribution is 2.30. The van der Waals surface area contributed by atoms with E-state index in [1.165, 1.54) is 0 Å². The van der Waals surface area contributed by atoms with Crippen LogP contribution in [0, 0.1) is 0 Å². The number of carbonyl (C=O) groups is 2. The molecule has 0 radical (unpaired) electrons. The SMILES string of the molecule is O=C1C[C@H](NC(=O)c2cccc3ccnn23)c2ccccc2N1. The second kappa shape index (κ2) is 5.24. The number of benzene rings is 1. The molecule has 2 amide bonds. The number of nitrogens with zero attached hydrogens (tertiary/aromatic N) is 2. The van der Waals surface area contributed by atoms with Gasteiger partial charge in [-0.05, 0) is 29.8 Å². The summed E-state index contributed by atoms with van der Waals surface area (Å²) in [6, 6.07) is 14.4. The molecule has 1 aliphatic heterocycles. The minimum absolute atomic E-state index is 0.105. The Kier molecular flexibility index (Phi) is 3.08. The van der Waals surface area contributed by atoms with Gasteiger partial charge >= 0.3 is 0 Å². The van der Waals surface area contributed by atoms with Gasteiger partial charge in [0.15, 0.2) is 0 Å². The number of aromatic nitrogens is 2. The van der Waals surface area contributed by atoms with Gasteiger partial charge in [-0.2, -0.15) is 5.10 Å². The van der Waals surface area contributed by atoms with E-state index in [0.717, 1.165) is 16.8 Å². The first-order valence-electron chi connectivity index (χ1n) is 7.35. The molecule has 4 rings (SSSR count). The van der Waals surface area contributed by atoms with Crippen LogP contribution in [0.15, 0.2) is 54.7 Å². The molecule has 0 spiro atoms. The maximum Gasteiger partial charge on any atom is 0.270 e. The van der Waals surface area contributed by atoms with Gasteiger partial charge in [-0.1, -0.05) is 24.3 Å². The molecule has 0 fully saturated rings. The number of hydrogen-bond donors (Lipinski definition) is 2. The van der Waals surface area contributed by atoms with Gasteiger partial charge in [0.2, 0.25) is 5.91 Å². The summed E-state index contributed by atoms with van der Waals surface area (Å²) in [5, 5.41) is 9.93. The molecule has 6 heteroatoms. The van der Waals surface area contributed by atoms with Crippen molar-refractivity contribution >= 4 is 23.0 Å². The molecule has 0 saturated carbocycles. The van der Waals surface area contributed by atoms with Gasteiger partial charge in [0.05, 0.1) is 24.2 Å². The molecule has 0 aliphatic carbocycles. The second-order valence-corrected chi connectivity index (χ2v) is 5.44. The first-order chi connectivity index (χ1) is 11.2. The van der Waals surface area contributed by atoms with E-state index in [4.69, 9.17) is 0 Å². The minimum Gasteiger partial charge on any atom is -0.343 e. The average molecular weight is 306 g/mol. The van der Waals surface area contributed by atoms with Crippen LogP contribution in [-0.2, 0) is 4.79 Å². The lowest BCUT2D eigenvalue weighted by molar-refractivity contribution is -0.116. The Morgan fingerprint density at radius 1 is 1.17 bits per heavy atom. The molecule has 1 atom stereocenters. The summed E-state index contributed by atoms with van der Waals surface area (Å²) in [7, 11) is 0. The molecule has 114 valence electrons. The van der Waals surface area contributed by atoms with E-state index in [0.29, 0.717) is 5.69 Å². The third kappa shape index (κ3) is 2.34. The molecule has 1 aromatic carbocycles. The lowest BCUT2D eigenvalue weighted by Crippen LogP contribution is -2.35. The van der Waals surface area contributed by atoms with Gasteiger partial charge in [-0.3, -0.25) is 9.59 Å². The number of carbonyl (C=O) groups excluding carboxylic acids is 2. The summed E-state index contributed by atoms with van der Waals surface area (Å²) in [5.41, 5.74) is 2.94. The topological polar surface area (TPSA) is 75.5 Å². The first kappa shape index (κ1) is 13.5. The van der Waals surface area contributed by atoms with Crippen LogP contribution in [0.1, 0.15) is 28.5 Å². The van der Waals surface area contributed by atoms with E-state index in [9.17, 15) is 9.59 Å². The molecule has 6 nitrogen and oxygen atoms in total. The third-order valence-electron chi connectivity index (χ3n) is 3.96. The summed E-state index contributed by atoms with van der Waals surface area (Å²) in [5.74, 6) is -0.361. The molecular formula is C17H14N4O2. The van der Waals surface area contributed by atoms with Gasteiger partial charge in [0, 0.05) is 5.69 Å². The van der Waals surface area contributed by atoms with Crippen LogP contribution in [0.3, 0.4) is 0 Å². The molecule has 23 heavy (non-hydrogen) atoms. The van der Waals surface area contributed by atoms with Crippen molar-refractivity contribution in [1.29, 1.82) is 0 Å². The monoisotopic (exact) mass is 306 g/mol. The van der Waals surface area contributed by atoms with Crippen molar-refractivity contribution in [2.24, 2.45) is 0 Å². The Bertz CT molecular complexity index is 916. The third-order valence-corrected chi connectivity index (χ3v) is 3.96. The van der Waals surface area contributed by atoms with Crippen molar-refractivity contribution < 1.29 is 9.59 Å². The van der Waals surface area contributed by atoms with Crippen LogP contribution < -0.4 is 10.6 Å². The summed E-state index contributed by atoms with van der Waals surface area (Å²) in [6.07, 6.45) is 1.87. The van der Waals surface area contributed by atoms with Crippen molar-refractivity contribution in [3.63, 3.8) is 0 Å². The number of para-hydroxylation sites is 1. The molecular weight excluding hydrogens is 292 g/mol. The van der Waals surface area contributed by atoms with E-state index in [2.05, 4.69) is 15.7 Å². The first-order valence-corrected chi connectivity index (χ1v) is 7.35. The van der Waals surface area contributed by atoms with Crippen molar-refractivity contribution in [1.82, 2.24) is 14.9 Å². The highest BCUT2D eigenvalue weighted by atomic mass is 16.2. The zero-order valence-corrected chi connectivity index (χ0v) is 12.2. The summed E-state index contributed by atoms with van der Waals surface area (Å²) < 4.78 is 1.59. The molecule has 0 unspecified atom stereocenters. The van der Waals surface area contributed by atoms with Crippen molar-refractivity contribution in [2.45, 2.75) is 12.5 Å². The molecule has 0 bridgehead atoms. The molecule has 0 saturated heterocycles. The molecule has 2 N–H and O–H groups in total. The summed E-state index contributed by atoms with van der Waals surface area (Å²) >= 11 is 0. The van der Waals surface area contributed by atoms with Crippen LogP contribution in [0.5, 0.6) is 0 Å². The molecule has 2 aromatic heterocycles. The normalized spacial score (nSPS) is 16.7.